The van der Waals surface area contributed by atoms with E-state index in [1.807, 2.05) is 0 Å². The third-order valence-electron chi connectivity index (χ3n) is 3.24. The van der Waals surface area contributed by atoms with Gasteiger partial charge in [-0.2, -0.15) is 0 Å². The molecule has 2 N–H and O–H groups in total. The lowest BCUT2D eigenvalue weighted by molar-refractivity contribution is 0.181. The fourth-order valence-electron chi connectivity index (χ4n) is 1.85. The zero-order chi connectivity index (χ0) is 13.1. The quantitative estimate of drug-likeness (QED) is 0.829. The molecule has 18 heavy (non-hydrogen) atoms. The standard InChI is InChI=1S/C13H15Cl2NOS/c14-10-4-9(12(16)7-18)5-11(15)13(10)17-6-8-2-1-3-8/h4-5,7-8,12H,1-3,6,16H2. The number of halogens is 2. The molecule has 1 aromatic rings. The normalized spacial score (nSPS) is 17.1. The summed E-state index contributed by atoms with van der Waals surface area (Å²) in [4.78, 5) is 0. The summed E-state index contributed by atoms with van der Waals surface area (Å²) in [5.41, 5.74) is 6.62. The predicted molar refractivity (Wildman–Crippen MR) is 79.9 cm³/mol. The van der Waals surface area contributed by atoms with Crippen molar-refractivity contribution in [2.45, 2.75) is 25.3 Å². The maximum absolute atomic E-state index is 6.17. The molecule has 1 saturated carbocycles. The lowest BCUT2D eigenvalue weighted by Crippen LogP contribution is -2.19. The van der Waals surface area contributed by atoms with Crippen LogP contribution in [0.1, 0.15) is 30.9 Å². The van der Waals surface area contributed by atoms with E-state index in [0.717, 1.165) is 5.56 Å². The number of rotatable bonds is 5. The molecule has 5 heteroatoms. The Morgan fingerprint density at radius 3 is 2.44 bits per heavy atom. The number of thiocarbonyl (C=S) groups is 1. The van der Waals surface area contributed by atoms with Gasteiger partial charge in [0.25, 0.3) is 0 Å². The van der Waals surface area contributed by atoms with Gasteiger partial charge >= 0.3 is 0 Å². The van der Waals surface area contributed by atoms with Gasteiger partial charge in [0.05, 0.1) is 22.7 Å². The van der Waals surface area contributed by atoms with Crippen molar-refractivity contribution in [1.29, 1.82) is 0 Å². The number of benzene rings is 1. The molecule has 0 aromatic heterocycles. The maximum Gasteiger partial charge on any atom is 0.156 e. The molecule has 1 aliphatic rings. The number of nitrogens with two attached hydrogens (primary N) is 1. The van der Waals surface area contributed by atoms with Crippen molar-refractivity contribution in [2.24, 2.45) is 11.7 Å². The van der Waals surface area contributed by atoms with Gasteiger partial charge in [-0.25, -0.2) is 0 Å². The van der Waals surface area contributed by atoms with E-state index in [4.69, 9.17) is 45.9 Å². The van der Waals surface area contributed by atoms with Crippen molar-refractivity contribution in [3.8, 4) is 5.75 Å². The van der Waals surface area contributed by atoms with Crippen LogP contribution in [0.3, 0.4) is 0 Å². The highest BCUT2D eigenvalue weighted by molar-refractivity contribution is 7.79. The molecule has 2 nitrogen and oxygen atoms in total. The van der Waals surface area contributed by atoms with Gasteiger partial charge in [-0.05, 0) is 36.5 Å². The molecular formula is C13H15Cl2NOS. The van der Waals surface area contributed by atoms with E-state index in [2.05, 4.69) is 0 Å². The Hall–Kier alpha value is -0.350. The van der Waals surface area contributed by atoms with Gasteiger partial charge in [-0.1, -0.05) is 41.8 Å². The Labute approximate surface area is 122 Å². The summed E-state index contributed by atoms with van der Waals surface area (Å²) < 4.78 is 5.70. The second-order valence-electron chi connectivity index (χ2n) is 4.58. The SMILES string of the molecule is NC(C=S)c1cc(Cl)c(OCC2CCC2)c(Cl)c1. The minimum absolute atomic E-state index is 0.337. The lowest BCUT2D eigenvalue weighted by atomic mass is 9.86. The largest absolute Gasteiger partial charge is 0.490 e. The van der Waals surface area contributed by atoms with Gasteiger partial charge < -0.3 is 10.5 Å². The van der Waals surface area contributed by atoms with Crippen LogP contribution < -0.4 is 10.5 Å². The molecule has 98 valence electrons. The highest BCUT2D eigenvalue weighted by atomic mass is 35.5. The molecule has 1 unspecified atom stereocenters. The average Bonchev–Trinajstić information content (AvgIpc) is 2.29. The van der Waals surface area contributed by atoms with E-state index in [0.29, 0.717) is 28.3 Å². The van der Waals surface area contributed by atoms with Crippen molar-refractivity contribution in [3.63, 3.8) is 0 Å². The Morgan fingerprint density at radius 2 is 2.00 bits per heavy atom. The van der Waals surface area contributed by atoms with Crippen LogP contribution in [0.5, 0.6) is 5.75 Å². The third-order valence-corrected chi connectivity index (χ3v) is 4.09. The van der Waals surface area contributed by atoms with E-state index in [9.17, 15) is 0 Å². The van der Waals surface area contributed by atoms with Crippen molar-refractivity contribution in [2.75, 3.05) is 6.61 Å². The fourth-order valence-corrected chi connectivity index (χ4v) is 2.62. The van der Waals surface area contributed by atoms with Crippen molar-refractivity contribution >= 4 is 40.8 Å². The van der Waals surface area contributed by atoms with Gasteiger partial charge in [-0.3, -0.25) is 0 Å². The summed E-state index contributed by atoms with van der Waals surface area (Å²) >= 11 is 17.2. The van der Waals surface area contributed by atoms with Crippen molar-refractivity contribution in [3.05, 3.63) is 27.7 Å². The van der Waals surface area contributed by atoms with Gasteiger partial charge in [0, 0.05) is 5.37 Å². The molecule has 2 rings (SSSR count). The summed E-state index contributed by atoms with van der Waals surface area (Å²) in [7, 11) is 0. The van der Waals surface area contributed by atoms with E-state index in [-0.39, 0.29) is 6.04 Å². The van der Waals surface area contributed by atoms with Crippen LogP contribution in [-0.2, 0) is 0 Å². The summed E-state index contributed by atoms with van der Waals surface area (Å²) in [6, 6.07) is 3.18. The first-order valence-electron chi connectivity index (χ1n) is 5.94. The van der Waals surface area contributed by atoms with Crippen molar-refractivity contribution in [1.82, 2.24) is 0 Å². The van der Waals surface area contributed by atoms with Gasteiger partial charge in [0.1, 0.15) is 0 Å². The van der Waals surface area contributed by atoms with Crippen molar-refractivity contribution < 1.29 is 4.74 Å². The summed E-state index contributed by atoms with van der Waals surface area (Å²) in [6.45, 7) is 0.679. The minimum Gasteiger partial charge on any atom is -0.490 e. The third kappa shape index (κ3) is 3.15. The fraction of sp³-hybridized carbons (Fsp3) is 0.462. The molecule has 1 fully saturated rings. The Morgan fingerprint density at radius 1 is 1.39 bits per heavy atom. The first kappa shape index (κ1) is 14.1. The Bertz CT molecular complexity index is 426. The minimum atomic E-state index is -0.337. The number of hydrogen-bond donors (Lipinski definition) is 1. The smallest absolute Gasteiger partial charge is 0.156 e. The van der Waals surface area contributed by atoms with Crippen LogP contribution in [0.15, 0.2) is 12.1 Å². The van der Waals surface area contributed by atoms with Gasteiger partial charge in [0.2, 0.25) is 0 Å². The molecule has 1 atom stereocenters. The van der Waals surface area contributed by atoms with Crippen LogP contribution >= 0.6 is 35.4 Å². The average molecular weight is 304 g/mol. The first-order chi connectivity index (χ1) is 8.61. The van der Waals surface area contributed by atoms with Gasteiger partial charge in [0.15, 0.2) is 5.75 Å². The molecule has 0 bridgehead atoms. The van der Waals surface area contributed by atoms with Crippen LogP contribution in [0, 0.1) is 5.92 Å². The maximum atomic E-state index is 6.17. The second-order valence-corrected chi connectivity index (χ2v) is 5.67. The van der Waals surface area contributed by atoms with E-state index in [1.54, 1.807) is 12.1 Å². The van der Waals surface area contributed by atoms with Crippen LogP contribution in [0.2, 0.25) is 10.0 Å². The van der Waals surface area contributed by atoms with Crippen LogP contribution in [0.4, 0.5) is 0 Å². The summed E-state index contributed by atoms with van der Waals surface area (Å²) in [5, 5.41) is 2.46. The molecule has 0 aliphatic heterocycles. The lowest BCUT2D eigenvalue weighted by Gasteiger charge is -2.25. The van der Waals surface area contributed by atoms with Crippen LogP contribution in [0.25, 0.3) is 0 Å². The molecule has 1 aliphatic carbocycles. The molecule has 0 amide bonds. The second kappa shape index (κ2) is 6.20. The Kier molecular flexibility index (Phi) is 4.84. The van der Waals surface area contributed by atoms with Gasteiger partial charge in [-0.15, -0.1) is 0 Å². The molecular weight excluding hydrogens is 289 g/mol. The zero-order valence-electron chi connectivity index (χ0n) is 9.86. The molecule has 0 saturated heterocycles. The molecule has 0 spiro atoms. The first-order valence-corrected chi connectivity index (χ1v) is 7.17. The predicted octanol–water partition coefficient (Wildman–Crippen LogP) is 4.17. The molecule has 1 aromatic carbocycles. The summed E-state index contributed by atoms with van der Waals surface area (Å²) in [6.07, 6.45) is 3.74. The molecule has 0 heterocycles. The summed E-state index contributed by atoms with van der Waals surface area (Å²) in [5.74, 6) is 1.19. The molecule has 0 radical (unpaired) electrons. The highest BCUT2D eigenvalue weighted by Gasteiger charge is 2.20. The van der Waals surface area contributed by atoms with Crippen LogP contribution in [-0.4, -0.2) is 12.0 Å². The highest BCUT2D eigenvalue weighted by Crippen LogP contribution is 2.37. The number of hydrogen-bond acceptors (Lipinski definition) is 3. The van der Waals surface area contributed by atoms with E-state index < -0.39 is 0 Å². The monoisotopic (exact) mass is 303 g/mol. The van der Waals surface area contributed by atoms with E-state index in [1.165, 1.54) is 24.6 Å². The van der Waals surface area contributed by atoms with E-state index >= 15 is 0 Å². The number of ether oxygens (including phenoxy) is 1. The topological polar surface area (TPSA) is 35.2 Å². The Balaban J connectivity index is 2.12. The zero-order valence-corrected chi connectivity index (χ0v) is 12.2.